The summed E-state index contributed by atoms with van der Waals surface area (Å²) in [5.74, 6) is -0.544. The lowest BCUT2D eigenvalue weighted by molar-refractivity contribution is -0.148. The first-order chi connectivity index (χ1) is 11.8. The lowest BCUT2D eigenvalue weighted by Gasteiger charge is -2.37. The Morgan fingerprint density at radius 2 is 1.96 bits per heavy atom. The SMILES string of the molecule is COC(=O)[C@@H]1C[C@@H]2c3cc(-c4ccccc4F)nnc3[C@@]1(C)C2(C)C. The largest absolute Gasteiger partial charge is 0.469 e. The molecule has 0 aliphatic heterocycles. The van der Waals surface area contributed by atoms with Crippen molar-refractivity contribution in [2.45, 2.75) is 38.5 Å². The number of hydrogen-bond acceptors (Lipinski definition) is 4. The van der Waals surface area contributed by atoms with E-state index in [1.807, 2.05) is 6.07 Å². The first-order valence-corrected chi connectivity index (χ1v) is 8.53. The van der Waals surface area contributed by atoms with Gasteiger partial charge >= 0.3 is 5.97 Å². The van der Waals surface area contributed by atoms with Gasteiger partial charge in [-0.1, -0.05) is 32.9 Å². The van der Waals surface area contributed by atoms with E-state index in [4.69, 9.17) is 4.74 Å². The number of halogens is 1. The Morgan fingerprint density at radius 3 is 2.64 bits per heavy atom. The highest BCUT2D eigenvalue weighted by molar-refractivity contribution is 5.77. The Labute approximate surface area is 146 Å². The number of methoxy groups -OCH3 is 1. The highest BCUT2D eigenvalue weighted by atomic mass is 19.1. The fourth-order valence-corrected chi connectivity index (χ4v) is 4.91. The maximum atomic E-state index is 14.1. The van der Waals surface area contributed by atoms with Crippen molar-refractivity contribution in [2.75, 3.05) is 7.11 Å². The van der Waals surface area contributed by atoms with E-state index in [1.54, 1.807) is 18.2 Å². The first-order valence-electron chi connectivity index (χ1n) is 8.53. The van der Waals surface area contributed by atoms with Gasteiger partial charge in [-0.3, -0.25) is 4.79 Å². The molecule has 2 aliphatic carbocycles. The van der Waals surface area contributed by atoms with E-state index in [9.17, 15) is 9.18 Å². The van der Waals surface area contributed by atoms with E-state index < -0.39 is 5.41 Å². The summed E-state index contributed by atoms with van der Waals surface area (Å²) in [6, 6.07) is 8.54. The fraction of sp³-hybridized carbons (Fsp3) is 0.450. The van der Waals surface area contributed by atoms with Crippen molar-refractivity contribution < 1.29 is 13.9 Å². The number of fused-ring (bicyclic) bond motifs is 5. The van der Waals surface area contributed by atoms with Gasteiger partial charge in [-0.15, -0.1) is 0 Å². The molecule has 5 heteroatoms. The van der Waals surface area contributed by atoms with Crippen molar-refractivity contribution >= 4 is 5.97 Å². The predicted octanol–water partition coefficient (Wildman–Crippen LogP) is 3.86. The molecule has 1 heterocycles. The van der Waals surface area contributed by atoms with Crippen molar-refractivity contribution in [2.24, 2.45) is 11.3 Å². The number of nitrogens with zero attached hydrogens (tertiary/aromatic N) is 2. The van der Waals surface area contributed by atoms with E-state index in [2.05, 4.69) is 31.0 Å². The minimum Gasteiger partial charge on any atom is -0.469 e. The van der Waals surface area contributed by atoms with Gasteiger partial charge in [0.25, 0.3) is 0 Å². The van der Waals surface area contributed by atoms with E-state index in [0.717, 1.165) is 17.7 Å². The van der Waals surface area contributed by atoms with Crippen LogP contribution >= 0.6 is 0 Å². The molecule has 0 spiro atoms. The topological polar surface area (TPSA) is 52.1 Å². The molecular formula is C20H21FN2O2. The molecule has 2 aliphatic rings. The van der Waals surface area contributed by atoms with Crippen LogP contribution in [0.25, 0.3) is 11.3 Å². The molecule has 0 unspecified atom stereocenters. The van der Waals surface area contributed by atoms with Crippen LogP contribution in [-0.4, -0.2) is 23.3 Å². The van der Waals surface area contributed by atoms with Crippen molar-refractivity contribution in [1.82, 2.24) is 10.2 Å². The highest BCUT2D eigenvalue weighted by Gasteiger charge is 2.67. The van der Waals surface area contributed by atoms with Crippen LogP contribution in [0.4, 0.5) is 4.39 Å². The van der Waals surface area contributed by atoms with Crippen LogP contribution in [0.5, 0.6) is 0 Å². The summed E-state index contributed by atoms with van der Waals surface area (Å²) in [4.78, 5) is 12.3. The van der Waals surface area contributed by atoms with Crippen molar-refractivity contribution in [3.63, 3.8) is 0 Å². The van der Waals surface area contributed by atoms with Gasteiger partial charge in [0.15, 0.2) is 0 Å². The van der Waals surface area contributed by atoms with Crippen LogP contribution in [0.2, 0.25) is 0 Å². The van der Waals surface area contributed by atoms with E-state index in [0.29, 0.717) is 11.3 Å². The molecule has 1 aromatic carbocycles. The average molecular weight is 340 g/mol. The summed E-state index contributed by atoms with van der Waals surface area (Å²) >= 11 is 0. The van der Waals surface area contributed by atoms with Crippen molar-refractivity contribution in [3.8, 4) is 11.3 Å². The van der Waals surface area contributed by atoms with Crippen LogP contribution in [-0.2, 0) is 14.9 Å². The number of esters is 1. The molecule has 1 aromatic heterocycles. The molecule has 0 saturated heterocycles. The van der Waals surface area contributed by atoms with Gasteiger partial charge in [0.1, 0.15) is 5.82 Å². The van der Waals surface area contributed by atoms with E-state index in [1.165, 1.54) is 13.2 Å². The van der Waals surface area contributed by atoms with Gasteiger partial charge < -0.3 is 4.74 Å². The summed E-state index contributed by atoms with van der Waals surface area (Å²) in [6.07, 6.45) is 0.728. The highest BCUT2D eigenvalue weighted by Crippen LogP contribution is 2.69. The summed E-state index contributed by atoms with van der Waals surface area (Å²) in [6.45, 7) is 6.42. The number of hydrogen-bond donors (Lipinski definition) is 0. The number of ether oxygens (including phenoxy) is 1. The summed E-state index contributed by atoms with van der Waals surface area (Å²) in [7, 11) is 1.43. The average Bonchev–Trinajstić information content (AvgIpc) is 2.91. The van der Waals surface area contributed by atoms with E-state index >= 15 is 0 Å². The number of rotatable bonds is 2. The lowest BCUT2D eigenvalue weighted by Crippen LogP contribution is -2.42. The maximum Gasteiger partial charge on any atom is 0.309 e. The minimum absolute atomic E-state index is 0.142. The number of carbonyl (C=O) groups excluding carboxylic acids is 1. The monoisotopic (exact) mass is 340 g/mol. The molecule has 2 aromatic rings. The molecule has 1 fully saturated rings. The Balaban J connectivity index is 1.87. The van der Waals surface area contributed by atoms with E-state index in [-0.39, 0.29) is 29.0 Å². The molecule has 3 atom stereocenters. The van der Waals surface area contributed by atoms with Crippen LogP contribution < -0.4 is 0 Å². The summed E-state index contributed by atoms with van der Waals surface area (Å²) in [5.41, 5.74) is 2.36. The third-order valence-corrected chi connectivity index (χ3v) is 6.70. The molecule has 25 heavy (non-hydrogen) atoms. The Bertz CT molecular complexity index is 880. The van der Waals surface area contributed by atoms with Gasteiger partial charge in [-0.2, -0.15) is 10.2 Å². The molecule has 0 N–H and O–H groups in total. The Morgan fingerprint density at radius 1 is 1.24 bits per heavy atom. The van der Waals surface area contributed by atoms with Crippen LogP contribution in [0.1, 0.15) is 44.4 Å². The first kappa shape index (κ1) is 16.2. The third kappa shape index (κ3) is 1.89. The van der Waals surface area contributed by atoms with Crippen LogP contribution in [0, 0.1) is 17.2 Å². The molecule has 4 rings (SSSR count). The number of aromatic nitrogens is 2. The quantitative estimate of drug-likeness (QED) is 0.779. The Kier molecular flexibility index (Phi) is 3.30. The zero-order valence-corrected chi connectivity index (χ0v) is 14.8. The molecule has 0 radical (unpaired) electrons. The van der Waals surface area contributed by atoms with Gasteiger partial charge in [0.05, 0.1) is 24.4 Å². The molecule has 130 valence electrons. The van der Waals surface area contributed by atoms with Gasteiger partial charge in [0.2, 0.25) is 0 Å². The molecule has 1 saturated carbocycles. The zero-order valence-electron chi connectivity index (χ0n) is 14.8. The lowest BCUT2D eigenvalue weighted by atomic mass is 9.66. The standard InChI is InChI=1S/C20H21FN2O2/c1-19(2)13-10-14(18(24)25-4)20(19,3)17-12(13)9-16(22-23-17)11-7-5-6-8-15(11)21/h5-9,13-14H,10H2,1-4H3/t13-,14+,20+/m1/s1. The summed E-state index contributed by atoms with van der Waals surface area (Å²) < 4.78 is 19.2. The molecule has 0 amide bonds. The molecule has 4 nitrogen and oxygen atoms in total. The number of benzene rings is 1. The summed E-state index contributed by atoms with van der Waals surface area (Å²) in [5, 5.41) is 8.76. The predicted molar refractivity (Wildman–Crippen MR) is 91.4 cm³/mol. The minimum atomic E-state index is -0.430. The van der Waals surface area contributed by atoms with Gasteiger partial charge in [-0.25, -0.2) is 4.39 Å². The zero-order chi connectivity index (χ0) is 18.0. The van der Waals surface area contributed by atoms with Crippen molar-refractivity contribution in [1.29, 1.82) is 0 Å². The Hall–Kier alpha value is -2.30. The second-order valence-electron chi connectivity index (χ2n) is 7.80. The molecule has 2 bridgehead atoms. The van der Waals surface area contributed by atoms with Crippen LogP contribution in [0.3, 0.4) is 0 Å². The normalized spacial score (nSPS) is 28.7. The fourth-order valence-electron chi connectivity index (χ4n) is 4.91. The second-order valence-corrected chi connectivity index (χ2v) is 7.80. The second kappa shape index (κ2) is 5.10. The van der Waals surface area contributed by atoms with Crippen LogP contribution in [0.15, 0.2) is 30.3 Å². The number of carbonyl (C=O) groups is 1. The van der Waals surface area contributed by atoms with Crippen molar-refractivity contribution in [3.05, 3.63) is 47.4 Å². The van der Waals surface area contributed by atoms with Gasteiger partial charge in [-0.05, 0) is 41.5 Å². The third-order valence-electron chi connectivity index (χ3n) is 6.70. The smallest absolute Gasteiger partial charge is 0.309 e. The maximum absolute atomic E-state index is 14.1. The molecular weight excluding hydrogens is 319 g/mol. The van der Waals surface area contributed by atoms with Gasteiger partial charge in [0, 0.05) is 11.0 Å².